The number of carboxylic acids is 1. The van der Waals surface area contributed by atoms with Crippen LogP contribution in [-0.2, 0) is 29.8 Å². The summed E-state index contributed by atoms with van der Waals surface area (Å²) in [4.78, 5) is 41.3. The van der Waals surface area contributed by atoms with Crippen molar-refractivity contribution in [2.75, 3.05) is 6.61 Å². The molecule has 0 bridgehead atoms. The van der Waals surface area contributed by atoms with Crippen LogP contribution in [0.4, 0.5) is 0 Å². The van der Waals surface area contributed by atoms with Gasteiger partial charge in [0.2, 0.25) is 5.91 Å². The Kier molecular flexibility index (Phi) is 11.2. The van der Waals surface area contributed by atoms with Gasteiger partial charge in [-0.15, -0.1) is 0 Å². The summed E-state index contributed by atoms with van der Waals surface area (Å²) in [6.45, 7) is -0.806. The van der Waals surface area contributed by atoms with Crippen molar-refractivity contribution in [1.29, 1.82) is 0 Å². The van der Waals surface area contributed by atoms with E-state index in [4.69, 9.17) is 14.5 Å². The number of aliphatic hydroxyl groups excluding tert-OH is 3. The average molecular weight is 472 g/mol. The molecule has 12 nitrogen and oxygen atoms in total. The number of carbonyl (C=O) groups is 2. The van der Waals surface area contributed by atoms with Gasteiger partial charge in [0.05, 0.1) is 19.1 Å². The molecule has 1 unspecified atom stereocenters. The van der Waals surface area contributed by atoms with Crippen molar-refractivity contribution < 1.29 is 53.6 Å². The van der Waals surface area contributed by atoms with Crippen LogP contribution in [0.5, 0.6) is 0 Å². The van der Waals surface area contributed by atoms with E-state index >= 15 is 0 Å². The van der Waals surface area contributed by atoms with Gasteiger partial charge in [0.1, 0.15) is 30.5 Å². The first kappa shape index (κ1) is 28.1. The van der Waals surface area contributed by atoms with Gasteiger partial charge < -0.3 is 40.3 Å². The third-order valence-corrected chi connectivity index (χ3v) is 5.01. The largest absolute Gasteiger partial charge is 0.480 e. The molecule has 2 rings (SSSR count). The summed E-state index contributed by atoms with van der Waals surface area (Å²) in [7, 11) is -4.88. The molecule has 1 heterocycles. The fourth-order valence-electron chi connectivity index (χ4n) is 2.99. The fourth-order valence-corrected chi connectivity index (χ4v) is 3.33. The Balaban J connectivity index is 0.00000480. The molecule has 169 valence electrons. The summed E-state index contributed by atoms with van der Waals surface area (Å²) in [6.07, 6.45) is -8.58. The number of ether oxygens (including phenoxy) is 1. The molecule has 1 radical (unpaired) electrons. The molecule has 0 aliphatic carbocycles. The molecule has 14 heteroatoms. The number of hydrogen-bond donors (Lipinski definition) is 7. The van der Waals surface area contributed by atoms with Gasteiger partial charge in [0.15, 0.2) is 0 Å². The summed E-state index contributed by atoms with van der Waals surface area (Å²) in [5.74, 6) is -2.08. The van der Waals surface area contributed by atoms with Crippen molar-refractivity contribution in [3.63, 3.8) is 0 Å². The smallest absolute Gasteiger partial charge is 0.469 e. The Labute approximate surface area is 199 Å². The number of amides is 1. The van der Waals surface area contributed by atoms with Crippen LogP contribution in [0.1, 0.15) is 12.0 Å². The zero-order valence-corrected chi connectivity index (χ0v) is 19.5. The fraction of sp³-hybridized carbons (Fsp3) is 0.529. The van der Waals surface area contributed by atoms with Crippen LogP contribution in [0.25, 0.3) is 0 Å². The van der Waals surface area contributed by atoms with E-state index in [0.29, 0.717) is 5.56 Å². The van der Waals surface area contributed by atoms with Gasteiger partial charge in [-0.2, -0.15) is 0 Å². The summed E-state index contributed by atoms with van der Waals surface area (Å²) < 4.78 is 20.3. The van der Waals surface area contributed by atoms with Gasteiger partial charge >= 0.3 is 13.8 Å². The Morgan fingerprint density at radius 2 is 1.65 bits per heavy atom. The molecular formula is C17H24NNaO11P. The number of phosphoric acid groups is 1. The van der Waals surface area contributed by atoms with Crippen LogP contribution in [0.3, 0.4) is 0 Å². The van der Waals surface area contributed by atoms with E-state index in [9.17, 15) is 34.6 Å². The zero-order chi connectivity index (χ0) is 22.5. The summed E-state index contributed by atoms with van der Waals surface area (Å²) >= 11 is 0. The predicted octanol–water partition coefficient (Wildman–Crippen LogP) is -2.23. The molecule has 7 N–H and O–H groups in total. The minimum Gasteiger partial charge on any atom is -0.480 e. The SMILES string of the molecule is O=C(CC1O[C@H](COP(=O)(O)O)[C@@H](O)[C@H](O)[C@@H]1O)N[C@@H](Cc1ccccc1)C(=O)O.[Na]. The summed E-state index contributed by atoms with van der Waals surface area (Å²) in [5.41, 5.74) is 0.673. The summed E-state index contributed by atoms with van der Waals surface area (Å²) in [6, 6.07) is 7.32. The number of aliphatic hydroxyl groups is 3. The Hall–Kier alpha value is -0.890. The van der Waals surface area contributed by atoms with Gasteiger partial charge in [-0.3, -0.25) is 9.32 Å². The van der Waals surface area contributed by atoms with E-state index in [0.717, 1.165) is 0 Å². The topological polar surface area (TPSA) is 203 Å². The van der Waals surface area contributed by atoms with E-state index in [1.54, 1.807) is 30.3 Å². The number of carboxylic acid groups (broad SMARTS) is 1. The molecule has 1 aliphatic heterocycles. The number of aliphatic carboxylic acids is 1. The van der Waals surface area contributed by atoms with Gasteiger partial charge in [-0.05, 0) is 5.56 Å². The number of rotatable bonds is 9. The van der Waals surface area contributed by atoms with E-state index < -0.39 is 69.3 Å². The van der Waals surface area contributed by atoms with Crippen molar-refractivity contribution in [3.05, 3.63) is 35.9 Å². The van der Waals surface area contributed by atoms with Gasteiger partial charge in [-0.25, -0.2) is 9.36 Å². The Morgan fingerprint density at radius 3 is 2.19 bits per heavy atom. The quantitative estimate of drug-likeness (QED) is 0.151. The molecule has 1 saturated heterocycles. The van der Waals surface area contributed by atoms with Crippen LogP contribution in [0, 0.1) is 0 Å². The molecule has 0 saturated carbocycles. The molecule has 0 aromatic heterocycles. The van der Waals surface area contributed by atoms with Crippen molar-refractivity contribution in [2.24, 2.45) is 0 Å². The maximum absolute atomic E-state index is 12.3. The van der Waals surface area contributed by atoms with Gasteiger partial charge in [-0.1, -0.05) is 30.3 Å². The van der Waals surface area contributed by atoms with Crippen LogP contribution in [-0.4, -0.2) is 115 Å². The second-order valence-corrected chi connectivity index (χ2v) is 8.06. The van der Waals surface area contributed by atoms with E-state index in [-0.39, 0.29) is 36.0 Å². The second kappa shape index (κ2) is 12.4. The minimum atomic E-state index is -4.88. The molecule has 1 fully saturated rings. The first-order chi connectivity index (χ1) is 14.0. The monoisotopic (exact) mass is 472 g/mol. The van der Waals surface area contributed by atoms with Crippen molar-refractivity contribution >= 4 is 49.3 Å². The third-order valence-electron chi connectivity index (χ3n) is 4.52. The van der Waals surface area contributed by atoms with E-state index in [1.807, 2.05) is 0 Å². The maximum Gasteiger partial charge on any atom is 0.469 e. The van der Waals surface area contributed by atoms with Crippen molar-refractivity contribution in [3.8, 4) is 0 Å². The Morgan fingerprint density at radius 1 is 1.06 bits per heavy atom. The number of hydrogen-bond acceptors (Lipinski definition) is 8. The molecule has 0 spiro atoms. The number of nitrogens with one attached hydrogen (secondary N) is 1. The van der Waals surface area contributed by atoms with Crippen LogP contribution in [0.2, 0.25) is 0 Å². The number of carbonyl (C=O) groups excluding carboxylic acids is 1. The van der Waals surface area contributed by atoms with Crippen LogP contribution < -0.4 is 5.32 Å². The molecule has 1 amide bonds. The van der Waals surface area contributed by atoms with Crippen LogP contribution >= 0.6 is 7.82 Å². The standard InChI is InChI=1S/C17H24NO11P.Na/c19-13(18-10(17(23)24)6-9-4-2-1-3-5-9)7-11-14(20)16(22)15(21)12(29-11)8-28-30(25,26)27;/h1-5,10-12,14-16,20-22H,6-8H2,(H,18,19)(H,23,24)(H2,25,26,27);/t10-,11?,12+,14+,15+,16+;/m0./s1. The first-order valence-corrected chi connectivity index (χ1v) is 10.5. The van der Waals surface area contributed by atoms with E-state index in [1.165, 1.54) is 0 Å². The zero-order valence-electron chi connectivity index (χ0n) is 16.6. The predicted molar refractivity (Wildman–Crippen MR) is 105 cm³/mol. The molecule has 1 aliphatic rings. The van der Waals surface area contributed by atoms with Crippen molar-refractivity contribution in [1.82, 2.24) is 5.32 Å². The van der Waals surface area contributed by atoms with Crippen molar-refractivity contribution in [2.45, 2.75) is 49.4 Å². The van der Waals surface area contributed by atoms with Crippen LogP contribution in [0.15, 0.2) is 30.3 Å². The normalized spacial score (nSPS) is 27.1. The molecule has 1 aromatic rings. The molecular weight excluding hydrogens is 448 g/mol. The first-order valence-electron chi connectivity index (χ1n) is 8.93. The second-order valence-electron chi connectivity index (χ2n) is 6.82. The molecule has 31 heavy (non-hydrogen) atoms. The van der Waals surface area contributed by atoms with E-state index in [2.05, 4.69) is 9.84 Å². The minimum absolute atomic E-state index is 0. The van der Waals surface area contributed by atoms with Gasteiger partial charge in [0, 0.05) is 36.0 Å². The molecule has 6 atom stereocenters. The van der Waals surface area contributed by atoms with Gasteiger partial charge in [0.25, 0.3) is 0 Å². The number of phosphoric ester groups is 1. The Bertz CT molecular complexity index is 777. The maximum atomic E-state index is 12.3. The molecule has 1 aromatic carbocycles. The average Bonchev–Trinajstić information content (AvgIpc) is 2.67. The third kappa shape index (κ3) is 8.87. The number of benzene rings is 1. The summed E-state index contributed by atoms with van der Waals surface area (Å²) in [5, 5.41) is 41.5.